The van der Waals surface area contributed by atoms with Gasteiger partial charge >= 0.3 is 0 Å². The third kappa shape index (κ3) is 3.42. The molecule has 0 aromatic carbocycles. The van der Waals surface area contributed by atoms with Crippen molar-refractivity contribution < 1.29 is 9.53 Å². The van der Waals surface area contributed by atoms with Gasteiger partial charge in [0.2, 0.25) is 5.91 Å². The molecular formula is C13H23N2O2. The fourth-order valence-corrected chi connectivity index (χ4v) is 2.83. The van der Waals surface area contributed by atoms with Gasteiger partial charge in [0.1, 0.15) is 6.04 Å². The van der Waals surface area contributed by atoms with Gasteiger partial charge in [0.05, 0.1) is 13.2 Å². The molecule has 1 N–H and O–H groups in total. The van der Waals surface area contributed by atoms with Crippen LogP contribution in [0.5, 0.6) is 0 Å². The Balaban J connectivity index is 1.88. The van der Waals surface area contributed by atoms with Crippen molar-refractivity contribution in [3.63, 3.8) is 0 Å². The van der Waals surface area contributed by atoms with Gasteiger partial charge in [0, 0.05) is 13.1 Å². The zero-order chi connectivity index (χ0) is 12.1. The van der Waals surface area contributed by atoms with Crippen LogP contribution in [0, 0.1) is 5.92 Å². The number of rotatable bonds is 2. The topological polar surface area (TPSA) is 53.3 Å². The van der Waals surface area contributed by atoms with Crippen molar-refractivity contribution in [1.29, 1.82) is 0 Å². The number of hydrogen-bond donors (Lipinski definition) is 0. The van der Waals surface area contributed by atoms with Gasteiger partial charge in [-0.2, -0.15) is 0 Å². The molecule has 0 aromatic heterocycles. The van der Waals surface area contributed by atoms with Crippen LogP contribution in [0.2, 0.25) is 0 Å². The molecule has 4 nitrogen and oxygen atoms in total. The molecule has 97 valence electrons. The van der Waals surface area contributed by atoms with Crippen molar-refractivity contribution in [3.05, 3.63) is 0 Å². The molecule has 0 bridgehead atoms. The normalized spacial score (nSPS) is 25.4. The van der Waals surface area contributed by atoms with E-state index in [-0.39, 0.29) is 11.8 Å². The van der Waals surface area contributed by atoms with Gasteiger partial charge in [-0.1, -0.05) is 25.7 Å². The molecular weight excluding hydrogens is 216 g/mol. The molecule has 0 aromatic rings. The van der Waals surface area contributed by atoms with Gasteiger partial charge in [-0.25, -0.2) is 5.73 Å². The largest absolute Gasteiger partial charge is 0.378 e. The lowest BCUT2D eigenvalue weighted by Crippen LogP contribution is -2.48. The molecule has 4 heteroatoms. The van der Waals surface area contributed by atoms with E-state index < -0.39 is 6.04 Å². The molecule has 2 aliphatic rings. The van der Waals surface area contributed by atoms with Crippen LogP contribution in [0.15, 0.2) is 0 Å². The minimum Gasteiger partial charge on any atom is -0.378 e. The highest BCUT2D eigenvalue weighted by molar-refractivity contribution is 5.82. The van der Waals surface area contributed by atoms with Gasteiger partial charge in [-0.05, 0) is 18.8 Å². The van der Waals surface area contributed by atoms with Crippen molar-refractivity contribution in [2.75, 3.05) is 26.3 Å². The van der Waals surface area contributed by atoms with Crippen molar-refractivity contribution in [1.82, 2.24) is 10.6 Å². The Morgan fingerprint density at radius 2 is 1.71 bits per heavy atom. The first kappa shape index (κ1) is 12.8. The summed E-state index contributed by atoms with van der Waals surface area (Å²) in [5.41, 5.74) is 8.17. The fraction of sp³-hybridized carbons (Fsp3) is 0.923. The maximum absolute atomic E-state index is 12.2. The lowest BCUT2D eigenvalue weighted by Gasteiger charge is -2.31. The second-order valence-corrected chi connectivity index (χ2v) is 5.17. The number of carbonyl (C=O) groups is 1. The average molecular weight is 239 g/mol. The average Bonchev–Trinajstić information content (AvgIpc) is 2.67. The van der Waals surface area contributed by atoms with Crippen LogP contribution in [0.25, 0.3) is 0 Å². The second kappa shape index (κ2) is 6.36. The lowest BCUT2D eigenvalue weighted by molar-refractivity contribution is -0.138. The highest BCUT2D eigenvalue weighted by Crippen LogP contribution is 2.26. The zero-order valence-electron chi connectivity index (χ0n) is 10.5. The summed E-state index contributed by atoms with van der Waals surface area (Å²) in [5, 5.41) is 0. The fourth-order valence-electron chi connectivity index (χ4n) is 2.83. The summed E-state index contributed by atoms with van der Waals surface area (Å²) < 4.78 is 5.24. The van der Waals surface area contributed by atoms with Crippen molar-refractivity contribution in [2.45, 2.75) is 44.6 Å². The number of carbonyl (C=O) groups excluding carboxylic acids is 1. The van der Waals surface area contributed by atoms with Crippen LogP contribution < -0.4 is 5.73 Å². The number of nitrogens with one attached hydrogen (secondary N) is 1. The summed E-state index contributed by atoms with van der Waals surface area (Å²) >= 11 is 0. The molecule has 1 unspecified atom stereocenters. The maximum Gasteiger partial charge on any atom is 0.241 e. The SMILES string of the molecule is [NH]C(C(=O)N1CCOCC1)C1CCCCCC1. The van der Waals surface area contributed by atoms with E-state index in [1.165, 1.54) is 25.7 Å². The van der Waals surface area contributed by atoms with Gasteiger partial charge in [0.25, 0.3) is 0 Å². The standard InChI is InChI=1S/C13H23N2O2/c14-12(11-5-3-1-2-4-6-11)13(16)15-7-9-17-10-8-15/h11-12,14H,1-10H2. The highest BCUT2D eigenvalue weighted by Gasteiger charge is 2.30. The van der Waals surface area contributed by atoms with Gasteiger partial charge in [0.15, 0.2) is 0 Å². The monoisotopic (exact) mass is 239 g/mol. The Bertz CT molecular complexity index is 244. The molecule has 1 atom stereocenters. The number of ether oxygens (including phenoxy) is 1. The number of morpholine rings is 1. The van der Waals surface area contributed by atoms with Gasteiger partial charge < -0.3 is 9.64 Å². The van der Waals surface area contributed by atoms with E-state index in [0.29, 0.717) is 26.3 Å². The molecule has 1 aliphatic heterocycles. The highest BCUT2D eigenvalue weighted by atomic mass is 16.5. The predicted octanol–water partition coefficient (Wildman–Crippen LogP) is 1.47. The predicted molar refractivity (Wildman–Crippen MR) is 65.5 cm³/mol. The quantitative estimate of drug-likeness (QED) is 0.685. The summed E-state index contributed by atoms with van der Waals surface area (Å²) in [6.07, 6.45) is 7.05. The molecule has 2 fully saturated rings. The van der Waals surface area contributed by atoms with Crippen molar-refractivity contribution >= 4 is 5.91 Å². The van der Waals surface area contributed by atoms with Crippen LogP contribution in [-0.2, 0) is 9.53 Å². The van der Waals surface area contributed by atoms with Crippen LogP contribution in [0.3, 0.4) is 0 Å². The van der Waals surface area contributed by atoms with Crippen LogP contribution in [0.4, 0.5) is 0 Å². The minimum atomic E-state index is -0.536. The number of hydrogen-bond acceptors (Lipinski definition) is 2. The zero-order valence-corrected chi connectivity index (χ0v) is 10.5. The third-order valence-electron chi connectivity index (χ3n) is 3.96. The Kier molecular flexibility index (Phi) is 4.80. The molecule has 1 radical (unpaired) electrons. The summed E-state index contributed by atoms with van der Waals surface area (Å²) in [4.78, 5) is 14.0. The molecule has 1 amide bonds. The van der Waals surface area contributed by atoms with E-state index in [1.54, 1.807) is 0 Å². The molecule has 17 heavy (non-hydrogen) atoms. The summed E-state index contributed by atoms with van der Waals surface area (Å²) in [6, 6.07) is -0.536. The molecule has 1 saturated carbocycles. The Labute approximate surface area is 103 Å². The molecule has 1 saturated heterocycles. The van der Waals surface area contributed by atoms with E-state index >= 15 is 0 Å². The van der Waals surface area contributed by atoms with E-state index in [0.717, 1.165) is 12.8 Å². The molecule has 2 rings (SSSR count). The number of nitrogens with zero attached hydrogens (tertiary/aromatic N) is 1. The first-order valence-electron chi connectivity index (χ1n) is 6.86. The van der Waals surface area contributed by atoms with Crippen molar-refractivity contribution in [2.24, 2.45) is 5.92 Å². The minimum absolute atomic E-state index is 0.0280. The molecule has 1 heterocycles. The van der Waals surface area contributed by atoms with E-state index in [4.69, 9.17) is 10.5 Å². The van der Waals surface area contributed by atoms with E-state index in [1.807, 2.05) is 4.90 Å². The third-order valence-corrected chi connectivity index (χ3v) is 3.96. The maximum atomic E-state index is 12.2. The Morgan fingerprint density at radius 1 is 1.12 bits per heavy atom. The summed E-state index contributed by atoms with van der Waals surface area (Å²) in [6.45, 7) is 2.59. The first-order valence-corrected chi connectivity index (χ1v) is 6.86. The van der Waals surface area contributed by atoms with E-state index in [2.05, 4.69) is 0 Å². The first-order chi connectivity index (χ1) is 8.29. The van der Waals surface area contributed by atoms with E-state index in [9.17, 15) is 4.79 Å². The molecule has 0 spiro atoms. The van der Waals surface area contributed by atoms with Gasteiger partial charge in [-0.3, -0.25) is 4.79 Å². The molecule has 1 aliphatic carbocycles. The Hall–Kier alpha value is -0.610. The van der Waals surface area contributed by atoms with Crippen LogP contribution >= 0.6 is 0 Å². The lowest BCUT2D eigenvalue weighted by atomic mass is 9.91. The summed E-state index contributed by atoms with van der Waals surface area (Å²) in [7, 11) is 0. The Morgan fingerprint density at radius 3 is 2.29 bits per heavy atom. The number of amides is 1. The summed E-state index contributed by atoms with van der Waals surface area (Å²) in [5.74, 6) is 0.313. The van der Waals surface area contributed by atoms with Crippen molar-refractivity contribution in [3.8, 4) is 0 Å². The van der Waals surface area contributed by atoms with Gasteiger partial charge in [-0.15, -0.1) is 0 Å². The second-order valence-electron chi connectivity index (χ2n) is 5.17. The van der Waals surface area contributed by atoms with Crippen LogP contribution in [-0.4, -0.2) is 43.2 Å². The van der Waals surface area contributed by atoms with Crippen LogP contribution in [0.1, 0.15) is 38.5 Å². The smallest absolute Gasteiger partial charge is 0.241 e.